The summed E-state index contributed by atoms with van der Waals surface area (Å²) in [5.74, 6) is 2.16. The molecule has 0 aliphatic carbocycles. The minimum absolute atomic E-state index is 0.538. The molecule has 1 aliphatic heterocycles. The van der Waals surface area contributed by atoms with Gasteiger partial charge >= 0.3 is 0 Å². The van der Waals surface area contributed by atoms with E-state index >= 15 is 0 Å². The molecular weight excluding hydrogens is 242 g/mol. The van der Waals surface area contributed by atoms with Gasteiger partial charge in [0, 0.05) is 26.1 Å². The maximum Gasteiger partial charge on any atom is 0.0503 e. The smallest absolute Gasteiger partial charge is 0.0503 e. The molecule has 0 bridgehead atoms. The maximum atomic E-state index is 5.25. The summed E-state index contributed by atoms with van der Waals surface area (Å²) in [6, 6.07) is 10.7. The molecular formula is C15H23NOS. The molecule has 1 aromatic rings. The quantitative estimate of drug-likeness (QED) is 0.794. The van der Waals surface area contributed by atoms with E-state index < -0.39 is 0 Å². The van der Waals surface area contributed by atoms with Crippen molar-refractivity contribution >= 4 is 12.6 Å². The van der Waals surface area contributed by atoms with Crippen LogP contribution < -0.4 is 0 Å². The van der Waals surface area contributed by atoms with Gasteiger partial charge in [-0.1, -0.05) is 30.3 Å². The highest BCUT2D eigenvalue weighted by Crippen LogP contribution is 2.23. The molecule has 2 unspecified atom stereocenters. The third-order valence-corrected chi connectivity index (χ3v) is 4.18. The fraction of sp³-hybridized carbons (Fsp3) is 0.600. The number of nitrogens with zero attached hydrogens (tertiary/aromatic N) is 1. The maximum absolute atomic E-state index is 5.25. The van der Waals surface area contributed by atoms with Gasteiger partial charge in [0.2, 0.25) is 0 Å². The van der Waals surface area contributed by atoms with Crippen molar-refractivity contribution in [3.05, 3.63) is 35.9 Å². The van der Waals surface area contributed by atoms with Gasteiger partial charge in [-0.2, -0.15) is 12.6 Å². The predicted molar refractivity (Wildman–Crippen MR) is 79.5 cm³/mol. The number of hydrogen-bond acceptors (Lipinski definition) is 3. The van der Waals surface area contributed by atoms with Gasteiger partial charge in [0.1, 0.15) is 0 Å². The highest BCUT2D eigenvalue weighted by molar-refractivity contribution is 7.80. The normalized spacial score (nSPS) is 22.2. The molecule has 0 aromatic heterocycles. The number of likely N-dealkylation sites (tertiary alicyclic amines) is 1. The van der Waals surface area contributed by atoms with Crippen molar-refractivity contribution in [1.29, 1.82) is 0 Å². The molecule has 3 heteroatoms. The fourth-order valence-corrected chi connectivity index (χ4v) is 3.08. The topological polar surface area (TPSA) is 12.5 Å². The summed E-state index contributed by atoms with van der Waals surface area (Å²) in [7, 11) is 1.79. The molecule has 1 aliphatic rings. The van der Waals surface area contributed by atoms with Crippen molar-refractivity contribution in [1.82, 2.24) is 4.90 Å². The van der Waals surface area contributed by atoms with Gasteiger partial charge < -0.3 is 9.64 Å². The zero-order valence-corrected chi connectivity index (χ0v) is 12.0. The van der Waals surface area contributed by atoms with Crippen molar-refractivity contribution < 1.29 is 4.74 Å². The summed E-state index contributed by atoms with van der Waals surface area (Å²) < 4.78 is 5.25. The average Bonchev–Trinajstić information content (AvgIpc) is 2.85. The molecule has 0 N–H and O–H groups in total. The second-order valence-corrected chi connectivity index (χ2v) is 5.52. The Morgan fingerprint density at radius 3 is 2.83 bits per heavy atom. The van der Waals surface area contributed by atoms with E-state index in [-0.39, 0.29) is 0 Å². The van der Waals surface area contributed by atoms with Crippen LogP contribution in [0, 0.1) is 5.92 Å². The SMILES string of the molecule is COCC1CCN(CC(CS)c2ccccc2)C1. The predicted octanol–water partition coefficient (Wildman–Crippen LogP) is 2.67. The van der Waals surface area contributed by atoms with Crippen molar-refractivity contribution in [3.63, 3.8) is 0 Å². The standard InChI is InChI=1S/C15H23NOS/c1-17-11-13-7-8-16(9-13)10-15(12-18)14-5-3-2-4-6-14/h2-6,13,15,18H,7-12H2,1H3. The zero-order chi connectivity index (χ0) is 12.8. The Bertz CT molecular complexity index is 344. The lowest BCUT2D eigenvalue weighted by atomic mass is 10.0. The number of rotatable bonds is 6. The van der Waals surface area contributed by atoms with Crippen LogP contribution in [0.4, 0.5) is 0 Å². The first-order chi connectivity index (χ1) is 8.83. The Morgan fingerprint density at radius 1 is 1.39 bits per heavy atom. The van der Waals surface area contributed by atoms with E-state index in [1.807, 2.05) is 0 Å². The summed E-state index contributed by atoms with van der Waals surface area (Å²) in [5.41, 5.74) is 1.41. The van der Waals surface area contributed by atoms with E-state index in [4.69, 9.17) is 4.74 Å². The molecule has 2 rings (SSSR count). The van der Waals surface area contributed by atoms with Gasteiger partial charge in [0.25, 0.3) is 0 Å². The third kappa shape index (κ3) is 3.74. The number of methoxy groups -OCH3 is 1. The highest BCUT2D eigenvalue weighted by atomic mass is 32.1. The third-order valence-electron chi connectivity index (χ3n) is 3.74. The number of hydrogen-bond donors (Lipinski definition) is 1. The van der Waals surface area contributed by atoms with E-state index in [0.29, 0.717) is 11.8 Å². The van der Waals surface area contributed by atoms with Gasteiger partial charge in [-0.3, -0.25) is 0 Å². The second kappa shape index (κ2) is 7.17. The van der Waals surface area contributed by atoms with Gasteiger partial charge in [0.05, 0.1) is 6.61 Å². The first-order valence-electron chi connectivity index (χ1n) is 6.70. The van der Waals surface area contributed by atoms with Crippen LogP contribution in [0.2, 0.25) is 0 Å². The highest BCUT2D eigenvalue weighted by Gasteiger charge is 2.24. The van der Waals surface area contributed by atoms with E-state index in [9.17, 15) is 0 Å². The molecule has 100 valence electrons. The average molecular weight is 265 g/mol. The van der Waals surface area contributed by atoms with Crippen LogP contribution in [0.25, 0.3) is 0 Å². The summed E-state index contributed by atoms with van der Waals surface area (Å²) in [5, 5.41) is 0. The van der Waals surface area contributed by atoms with Gasteiger partial charge in [-0.15, -0.1) is 0 Å². The van der Waals surface area contributed by atoms with Crippen molar-refractivity contribution in [2.75, 3.05) is 39.1 Å². The van der Waals surface area contributed by atoms with Crippen molar-refractivity contribution in [2.24, 2.45) is 5.92 Å². The largest absolute Gasteiger partial charge is 0.384 e. The molecule has 18 heavy (non-hydrogen) atoms. The van der Waals surface area contributed by atoms with Crippen LogP contribution in [0.3, 0.4) is 0 Å². The first-order valence-corrected chi connectivity index (χ1v) is 7.33. The lowest BCUT2D eigenvalue weighted by Crippen LogP contribution is -2.28. The van der Waals surface area contributed by atoms with E-state index in [0.717, 1.165) is 18.9 Å². The fourth-order valence-electron chi connectivity index (χ4n) is 2.76. The van der Waals surface area contributed by atoms with Crippen LogP contribution in [0.5, 0.6) is 0 Å². The van der Waals surface area contributed by atoms with Crippen LogP contribution in [-0.2, 0) is 4.74 Å². The Kier molecular flexibility index (Phi) is 5.54. The minimum atomic E-state index is 0.538. The molecule has 2 nitrogen and oxygen atoms in total. The van der Waals surface area contributed by atoms with Gasteiger partial charge in [0.15, 0.2) is 0 Å². The monoisotopic (exact) mass is 265 g/mol. The first kappa shape index (κ1) is 13.9. The van der Waals surface area contributed by atoms with E-state index in [1.54, 1.807) is 7.11 Å². The molecule has 2 atom stereocenters. The zero-order valence-electron chi connectivity index (χ0n) is 11.1. The number of benzene rings is 1. The molecule has 0 spiro atoms. The lowest BCUT2D eigenvalue weighted by Gasteiger charge is -2.23. The van der Waals surface area contributed by atoms with Crippen LogP contribution in [0.15, 0.2) is 30.3 Å². The van der Waals surface area contributed by atoms with Crippen LogP contribution in [0.1, 0.15) is 17.9 Å². The number of ether oxygens (including phenoxy) is 1. The molecule has 1 heterocycles. The summed E-state index contributed by atoms with van der Waals surface area (Å²) >= 11 is 4.51. The molecule has 1 aromatic carbocycles. The van der Waals surface area contributed by atoms with Gasteiger partial charge in [-0.05, 0) is 30.2 Å². The Morgan fingerprint density at radius 2 is 2.17 bits per heavy atom. The summed E-state index contributed by atoms with van der Waals surface area (Å²) in [4.78, 5) is 2.55. The molecule has 1 saturated heterocycles. The lowest BCUT2D eigenvalue weighted by molar-refractivity contribution is 0.153. The Labute approximate surface area is 116 Å². The van der Waals surface area contributed by atoms with E-state index in [2.05, 4.69) is 47.9 Å². The minimum Gasteiger partial charge on any atom is -0.384 e. The molecule has 0 saturated carbocycles. The second-order valence-electron chi connectivity index (χ2n) is 5.16. The Hall–Kier alpha value is -0.510. The summed E-state index contributed by atoms with van der Waals surface area (Å²) in [6.07, 6.45) is 1.27. The van der Waals surface area contributed by atoms with Crippen LogP contribution >= 0.6 is 12.6 Å². The van der Waals surface area contributed by atoms with E-state index in [1.165, 1.54) is 25.1 Å². The van der Waals surface area contributed by atoms with Crippen molar-refractivity contribution in [2.45, 2.75) is 12.3 Å². The summed E-state index contributed by atoms with van der Waals surface area (Å²) in [6.45, 7) is 4.39. The van der Waals surface area contributed by atoms with Crippen molar-refractivity contribution in [3.8, 4) is 0 Å². The Balaban J connectivity index is 1.88. The molecule has 1 fully saturated rings. The number of thiol groups is 1. The van der Waals surface area contributed by atoms with Gasteiger partial charge in [-0.25, -0.2) is 0 Å². The molecule has 0 amide bonds. The van der Waals surface area contributed by atoms with Crippen LogP contribution in [-0.4, -0.2) is 44.0 Å². The molecule has 0 radical (unpaired) electrons.